The van der Waals surface area contributed by atoms with Gasteiger partial charge < -0.3 is 19.5 Å². The van der Waals surface area contributed by atoms with Crippen LogP contribution in [0.5, 0.6) is 17.2 Å². The Morgan fingerprint density at radius 2 is 1.84 bits per heavy atom. The minimum atomic E-state index is -0.428. The van der Waals surface area contributed by atoms with Crippen LogP contribution in [0.3, 0.4) is 0 Å². The summed E-state index contributed by atoms with van der Waals surface area (Å²) in [5.41, 5.74) is 2.37. The molecule has 132 valence electrons. The standard InChI is InChI=1S/C18H20N2O5/c1-23-17-9-12-7-8-19-16(15(12)10-18(17)24-2)11-25-14-5-3-13(4-6-14)20(21)22/h3-6,9-10,16,19H,7-8,11H2,1-2H3/t16-/m0/s1. The lowest BCUT2D eigenvalue weighted by Gasteiger charge is -2.28. The van der Waals surface area contributed by atoms with Gasteiger partial charge in [-0.2, -0.15) is 0 Å². The van der Waals surface area contributed by atoms with Crippen LogP contribution in [-0.4, -0.2) is 32.3 Å². The highest BCUT2D eigenvalue weighted by Gasteiger charge is 2.23. The van der Waals surface area contributed by atoms with Gasteiger partial charge in [-0.05, 0) is 48.4 Å². The molecule has 1 heterocycles. The average Bonchev–Trinajstić information content (AvgIpc) is 2.65. The van der Waals surface area contributed by atoms with E-state index in [2.05, 4.69) is 5.32 Å². The lowest BCUT2D eigenvalue weighted by atomic mass is 9.94. The van der Waals surface area contributed by atoms with Crippen LogP contribution >= 0.6 is 0 Å². The van der Waals surface area contributed by atoms with Crippen molar-refractivity contribution in [3.05, 3.63) is 57.6 Å². The number of non-ortho nitro benzene ring substituents is 1. The molecule has 0 spiro atoms. The molecule has 0 saturated heterocycles. The fourth-order valence-electron chi connectivity index (χ4n) is 2.96. The molecule has 0 radical (unpaired) electrons. The number of ether oxygens (including phenoxy) is 3. The Morgan fingerprint density at radius 3 is 2.48 bits per heavy atom. The third-order valence-electron chi connectivity index (χ3n) is 4.27. The lowest BCUT2D eigenvalue weighted by Crippen LogP contribution is -2.33. The molecule has 0 aromatic heterocycles. The zero-order valence-corrected chi connectivity index (χ0v) is 14.2. The first kappa shape index (κ1) is 17.0. The smallest absolute Gasteiger partial charge is 0.269 e. The van der Waals surface area contributed by atoms with Gasteiger partial charge in [0.2, 0.25) is 0 Å². The van der Waals surface area contributed by atoms with Crippen LogP contribution in [0.25, 0.3) is 0 Å². The maximum absolute atomic E-state index is 10.7. The van der Waals surface area contributed by atoms with E-state index in [-0.39, 0.29) is 11.7 Å². The fraction of sp³-hybridized carbons (Fsp3) is 0.333. The van der Waals surface area contributed by atoms with Crippen LogP contribution < -0.4 is 19.5 Å². The number of methoxy groups -OCH3 is 2. The number of rotatable bonds is 6. The van der Waals surface area contributed by atoms with Gasteiger partial charge in [0.15, 0.2) is 11.5 Å². The molecule has 3 rings (SSSR count). The van der Waals surface area contributed by atoms with Gasteiger partial charge in [-0.1, -0.05) is 0 Å². The summed E-state index contributed by atoms with van der Waals surface area (Å²) in [5, 5.41) is 14.1. The summed E-state index contributed by atoms with van der Waals surface area (Å²) in [6.07, 6.45) is 0.906. The first-order chi connectivity index (χ1) is 12.1. The van der Waals surface area contributed by atoms with Crippen LogP contribution in [-0.2, 0) is 6.42 Å². The normalized spacial score (nSPS) is 16.0. The largest absolute Gasteiger partial charge is 0.493 e. The highest BCUT2D eigenvalue weighted by Crippen LogP contribution is 2.35. The molecule has 1 N–H and O–H groups in total. The van der Waals surface area contributed by atoms with E-state index in [1.54, 1.807) is 26.4 Å². The minimum Gasteiger partial charge on any atom is -0.493 e. The number of fused-ring (bicyclic) bond motifs is 1. The second-order valence-corrected chi connectivity index (χ2v) is 5.72. The van der Waals surface area contributed by atoms with Crippen molar-refractivity contribution in [2.24, 2.45) is 0 Å². The summed E-state index contributed by atoms with van der Waals surface area (Å²) >= 11 is 0. The molecule has 1 aliphatic heterocycles. The van der Waals surface area contributed by atoms with E-state index in [1.165, 1.54) is 17.7 Å². The van der Waals surface area contributed by atoms with E-state index in [0.717, 1.165) is 24.3 Å². The molecule has 1 aliphatic rings. The maximum atomic E-state index is 10.7. The monoisotopic (exact) mass is 344 g/mol. The van der Waals surface area contributed by atoms with Crippen LogP contribution in [0.15, 0.2) is 36.4 Å². The topological polar surface area (TPSA) is 82.9 Å². The van der Waals surface area contributed by atoms with Crippen molar-refractivity contribution in [3.63, 3.8) is 0 Å². The quantitative estimate of drug-likeness (QED) is 0.641. The Hall–Kier alpha value is -2.80. The molecule has 7 nitrogen and oxygen atoms in total. The third kappa shape index (κ3) is 3.66. The molecule has 25 heavy (non-hydrogen) atoms. The van der Waals surface area contributed by atoms with E-state index in [9.17, 15) is 10.1 Å². The Bertz CT molecular complexity index is 761. The van der Waals surface area contributed by atoms with E-state index >= 15 is 0 Å². The van der Waals surface area contributed by atoms with Crippen LogP contribution in [0.4, 0.5) is 5.69 Å². The summed E-state index contributed by atoms with van der Waals surface area (Å²) in [4.78, 5) is 10.3. The molecular weight excluding hydrogens is 324 g/mol. The Balaban J connectivity index is 1.75. The number of nitro benzene ring substituents is 1. The van der Waals surface area contributed by atoms with Crippen molar-refractivity contribution >= 4 is 5.69 Å². The summed E-state index contributed by atoms with van der Waals surface area (Å²) in [6.45, 7) is 1.26. The molecular formula is C18H20N2O5. The molecule has 0 unspecified atom stereocenters. The average molecular weight is 344 g/mol. The van der Waals surface area contributed by atoms with E-state index in [0.29, 0.717) is 18.1 Å². The zero-order valence-electron chi connectivity index (χ0n) is 14.2. The van der Waals surface area contributed by atoms with Crippen LogP contribution in [0.2, 0.25) is 0 Å². The maximum Gasteiger partial charge on any atom is 0.269 e. The number of hydrogen-bond donors (Lipinski definition) is 1. The van der Waals surface area contributed by atoms with Gasteiger partial charge >= 0.3 is 0 Å². The first-order valence-electron chi connectivity index (χ1n) is 7.98. The zero-order chi connectivity index (χ0) is 17.8. The highest BCUT2D eigenvalue weighted by molar-refractivity contribution is 5.49. The summed E-state index contributed by atoms with van der Waals surface area (Å²) < 4.78 is 16.6. The minimum absolute atomic E-state index is 0.0127. The number of nitro groups is 1. The number of nitrogens with zero attached hydrogens (tertiary/aromatic N) is 1. The lowest BCUT2D eigenvalue weighted by molar-refractivity contribution is -0.384. The Morgan fingerprint density at radius 1 is 1.16 bits per heavy atom. The predicted octanol–water partition coefficient (Wildman–Crippen LogP) is 2.88. The van der Waals surface area contributed by atoms with Crippen molar-refractivity contribution < 1.29 is 19.1 Å². The van der Waals surface area contributed by atoms with Crippen molar-refractivity contribution in [1.29, 1.82) is 0 Å². The second-order valence-electron chi connectivity index (χ2n) is 5.72. The van der Waals surface area contributed by atoms with Gasteiger partial charge in [0.1, 0.15) is 12.4 Å². The van der Waals surface area contributed by atoms with Gasteiger partial charge in [-0.3, -0.25) is 10.1 Å². The van der Waals surface area contributed by atoms with Gasteiger partial charge in [0, 0.05) is 12.1 Å². The van der Waals surface area contributed by atoms with E-state index in [1.807, 2.05) is 12.1 Å². The van der Waals surface area contributed by atoms with Gasteiger partial charge in [0.05, 0.1) is 25.2 Å². The highest BCUT2D eigenvalue weighted by atomic mass is 16.6. The number of nitrogens with one attached hydrogen (secondary N) is 1. The molecule has 2 aromatic carbocycles. The molecule has 0 bridgehead atoms. The van der Waals surface area contributed by atoms with Gasteiger partial charge in [-0.15, -0.1) is 0 Å². The number of benzene rings is 2. The molecule has 2 aromatic rings. The van der Waals surface area contributed by atoms with E-state index < -0.39 is 4.92 Å². The van der Waals surface area contributed by atoms with Crippen molar-refractivity contribution in [2.45, 2.75) is 12.5 Å². The van der Waals surface area contributed by atoms with Crippen molar-refractivity contribution in [3.8, 4) is 17.2 Å². The molecule has 0 amide bonds. The predicted molar refractivity (Wildman–Crippen MR) is 92.6 cm³/mol. The Kier molecular flexibility index (Phi) is 5.04. The molecule has 0 fully saturated rings. The molecule has 0 saturated carbocycles. The first-order valence-corrected chi connectivity index (χ1v) is 7.98. The fourth-order valence-corrected chi connectivity index (χ4v) is 2.96. The molecule has 7 heteroatoms. The Labute approximate surface area is 145 Å². The molecule has 0 aliphatic carbocycles. The molecule has 1 atom stereocenters. The third-order valence-corrected chi connectivity index (χ3v) is 4.27. The van der Waals surface area contributed by atoms with Gasteiger partial charge in [0.25, 0.3) is 5.69 Å². The second kappa shape index (κ2) is 7.40. The van der Waals surface area contributed by atoms with Gasteiger partial charge in [-0.25, -0.2) is 0 Å². The van der Waals surface area contributed by atoms with Crippen LogP contribution in [0.1, 0.15) is 17.2 Å². The summed E-state index contributed by atoms with van der Waals surface area (Å²) in [5.74, 6) is 2.00. The van der Waals surface area contributed by atoms with Crippen molar-refractivity contribution in [2.75, 3.05) is 27.4 Å². The summed E-state index contributed by atoms with van der Waals surface area (Å²) in [6, 6.07) is 10.1. The number of hydrogen-bond acceptors (Lipinski definition) is 6. The van der Waals surface area contributed by atoms with E-state index in [4.69, 9.17) is 14.2 Å². The summed E-state index contributed by atoms with van der Waals surface area (Å²) in [7, 11) is 3.24. The van der Waals surface area contributed by atoms with Crippen LogP contribution in [0, 0.1) is 10.1 Å². The van der Waals surface area contributed by atoms with Crippen molar-refractivity contribution in [1.82, 2.24) is 5.32 Å². The SMILES string of the molecule is COc1cc2c(cc1OC)[C@H](COc1ccc([N+](=O)[O-])cc1)NCC2.